The minimum atomic E-state index is -1.20. The highest BCUT2D eigenvalue weighted by molar-refractivity contribution is 6.35. The van der Waals surface area contributed by atoms with Crippen LogP contribution in [0.1, 0.15) is 45.6 Å². The van der Waals surface area contributed by atoms with Gasteiger partial charge in [-0.25, -0.2) is 0 Å². The highest BCUT2D eigenvalue weighted by atomic mass is 35.5. The second-order valence-electron chi connectivity index (χ2n) is 6.91. The fourth-order valence-corrected chi connectivity index (χ4v) is 4.63. The Hall–Kier alpha value is -1.57. The van der Waals surface area contributed by atoms with Crippen LogP contribution in [0.3, 0.4) is 0 Å². The van der Waals surface area contributed by atoms with E-state index in [0.29, 0.717) is 27.7 Å². The molecule has 4 nitrogen and oxygen atoms in total. The topological polar surface area (TPSA) is 73.4 Å². The van der Waals surface area contributed by atoms with E-state index < -0.39 is 29.3 Å². The van der Waals surface area contributed by atoms with Gasteiger partial charge in [-0.1, -0.05) is 50.0 Å². The maximum atomic E-state index is 12.5. The Morgan fingerprint density at radius 3 is 2.52 bits per heavy atom. The maximum Gasteiger partial charge on any atom is 0.312 e. The van der Waals surface area contributed by atoms with Crippen LogP contribution in [0, 0.1) is 28.6 Å². The fourth-order valence-electron chi connectivity index (χ4n) is 4.10. The molecule has 0 fully saturated rings. The molecule has 0 amide bonds. The molecule has 0 spiro atoms. The van der Waals surface area contributed by atoms with E-state index in [1.54, 1.807) is 25.1 Å². The first-order valence-corrected chi connectivity index (χ1v) is 9.08. The Morgan fingerprint density at radius 1 is 1.44 bits per heavy atom. The van der Waals surface area contributed by atoms with Crippen LogP contribution in [0.25, 0.3) is 0 Å². The monoisotopic (exact) mass is 380 g/mol. The van der Waals surface area contributed by atoms with Crippen LogP contribution in [0.2, 0.25) is 10.0 Å². The molecule has 0 radical (unpaired) electrons. The summed E-state index contributed by atoms with van der Waals surface area (Å²) in [4.78, 5) is 17.2. The van der Waals surface area contributed by atoms with Gasteiger partial charge in [-0.3, -0.25) is 9.79 Å². The summed E-state index contributed by atoms with van der Waals surface area (Å²) < 4.78 is 0. The van der Waals surface area contributed by atoms with Gasteiger partial charge in [-0.15, -0.1) is 0 Å². The maximum absolute atomic E-state index is 12.5. The summed E-state index contributed by atoms with van der Waals surface area (Å²) in [5.41, 5.74) is 0.0928. The van der Waals surface area contributed by atoms with Crippen molar-refractivity contribution < 1.29 is 9.90 Å². The molecule has 134 valence electrons. The number of carbonyl (C=O) groups is 1. The first-order chi connectivity index (χ1) is 11.7. The van der Waals surface area contributed by atoms with Crippen molar-refractivity contribution in [2.75, 3.05) is 0 Å². The standard InChI is InChI=1S/C19H22Cl2N2O2/c1-5-19(18(24)25)16(13-7-6-12(20)8-15(13)21)14(9-22)11(4)23-17(19)10(2)3/h6-8,10,14,16-17H,5H2,1-4H3,(H,24,25). The predicted octanol–water partition coefficient (Wildman–Crippen LogP) is 5.20. The summed E-state index contributed by atoms with van der Waals surface area (Å²) in [6.07, 6.45) is 0.351. The van der Waals surface area contributed by atoms with Crippen molar-refractivity contribution in [1.29, 1.82) is 5.26 Å². The van der Waals surface area contributed by atoms with E-state index in [1.807, 2.05) is 20.8 Å². The van der Waals surface area contributed by atoms with E-state index in [0.717, 1.165) is 0 Å². The number of carboxylic acid groups (broad SMARTS) is 1. The number of rotatable bonds is 4. The molecule has 1 aromatic carbocycles. The fraction of sp³-hybridized carbons (Fsp3) is 0.526. The smallest absolute Gasteiger partial charge is 0.312 e. The van der Waals surface area contributed by atoms with Gasteiger partial charge < -0.3 is 5.11 Å². The predicted molar refractivity (Wildman–Crippen MR) is 100 cm³/mol. The minimum Gasteiger partial charge on any atom is -0.481 e. The second kappa shape index (κ2) is 7.35. The molecule has 4 unspecified atom stereocenters. The van der Waals surface area contributed by atoms with E-state index in [1.165, 1.54) is 0 Å². The minimum absolute atomic E-state index is 0.0132. The van der Waals surface area contributed by atoms with Gasteiger partial charge in [-0.2, -0.15) is 5.26 Å². The second-order valence-corrected chi connectivity index (χ2v) is 7.75. The zero-order chi connectivity index (χ0) is 18.9. The lowest BCUT2D eigenvalue weighted by Gasteiger charge is -2.48. The van der Waals surface area contributed by atoms with Gasteiger partial charge in [-0.05, 0) is 37.0 Å². The molecule has 1 aliphatic heterocycles. The summed E-state index contributed by atoms with van der Waals surface area (Å²) in [6, 6.07) is 6.85. The lowest BCUT2D eigenvalue weighted by molar-refractivity contribution is -0.154. The average Bonchev–Trinajstić information content (AvgIpc) is 2.53. The number of nitrogens with zero attached hydrogens (tertiary/aromatic N) is 2. The van der Waals surface area contributed by atoms with Crippen molar-refractivity contribution in [1.82, 2.24) is 0 Å². The van der Waals surface area contributed by atoms with Crippen molar-refractivity contribution in [2.45, 2.75) is 46.1 Å². The van der Waals surface area contributed by atoms with E-state index in [9.17, 15) is 15.2 Å². The molecule has 25 heavy (non-hydrogen) atoms. The summed E-state index contributed by atoms with van der Waals surface area (Å²) in [5.74, 6) is -2.17. The van der Waals surface area contributed by atoms with Gasteiger partial charge in [0.2, 0.25) is 0 Å². The molecule has 0 bridgehead atoms. The van der Waals surface area contributed by atoms with Crippen molar-refractivity contribution in [2.24, 2.45) is 22.2 Å². The molecule has 0 saturated heterocycles. The number of carboxylic acids is 1. The molecule has 1 heterocycles. The van der Waals surface area contributed by atoms with Gasteiger partial charge in [0.05, 0.1) is 23.4 Å². The molecule has 1 aromatic rings. The Kier molecular flexibility index (Phi) is 5.81. The SMILES string of the molecule is CCC1(C(=O)O)C(C(C)C)N=C(C)C(C#N)C1c1ccc(Cl)cc1Cl. The molecule has 0 aliphatic carbocycles. The third kappa shape index (κ3) is 3.16. The highest BCUT2D eigenvalue weighted by Gasteiger charge is 2.58. The Balaban J connectivity index is 2.84. The quantitative estimate of drug-likeness (QED) is 0.779. The van der Waals surface area contributed by atoms with Crippen LogP contribution in [0.15, 0.2) is 23.2 Å². The van der Waals surface area contributed by atoms with E-state index >= 15 is 0 Å². The molecule has 4 atom stereocenters. The highest BCUT2D eigenvalue weighted by Crippen LogP contribution is 2.54. The first kappa shape index (κ1) is 19.8. The largest absolute Gasteiger partial charge is 0.481 e. The van der Waals surface area contributed by atoms with Crippen LogP contribution in [-0.4, -0.2) is 22.8 Å². The van der Waals surface area contributed by atoms with E-state index in [4.69, 9.17) is 23.2 Å². The van der Waals surface area contributed by atoms with Crippen molar-refractivity contribution in [3.05, 3.63) is 33.8 Å². The van der Waals surface area contributed by atoms with Gasteiger partial charge >= 0.3 is 5.97 Å². The lowest BCUT2D eigenvalue weighted by Crippen LogP contribution is -2.54. The molecular weight excluding hydrogens is 359 g/mol. The van der Waals surface area contributed by atoms with Crippen molar-refractivity contribution in [3.8, 4) is 6.07 Å². The number of aliphatic carboxylic acids is 1. The van der Waals surface area contributed by atoms with Crippen molar-refractivity contribution >= 4 is 34.9 Å². The number of nitriles is 1. The van der Waals surface area contributed by atoms with Crippen LogP contribution < -0.4 is 0 Å². The Labute approximate surface area is 158 Å². The molecular formula is C19H22Cl2N2O2. The zero-order valence-electron chi connectivity index (χ0n) is 14.8. The van der Waals surface area contributed by atoms with Crippen LogP contribution >= 0.6 is 23.2 Å². The molecule has 1 aliphatic rings. The molecule has 0 saturated carbocycles. The normalized spacial score (nSPS) is 29.2. The first-order valence-electron chi connectivity index (χ1n) is 8.32. The number of halogens is 2. The lowest BCUT2D eigenvalue weighted by atomic mass is 9.57. The van der Waals surface area contributed by atoms with E-state index in [2.05, 4.69) is 11.1 Å². The average molecular weight is 381 g/mol. The third-order valence-electron chi connectivity index (χ3n) is 5.26. The number of hydrogen-bond donors (Lipinski definition) is 1. The zero-order valence-corrected chi connectivity index (χ0v) is 16.3. The van der Waals surface area contributed by atoms with Crippen molar-refractivity contribution in [3.63, 3.8) is 0 Å². The number of aliphatic imine (C=N–C) groups is 1. The van der Waals surface area contributed by atoms with Gasteiger partial charge in [0.25, 0.3) is 0 Å². The molecule has 1 N–H and O–H groups in total. The summed E-state index contributed by atoms with van der Waals surface area (Å²) in [5, 5.41) is 20.9. The Morgan fingerprint density at radius 2 is 2.08 bits per heavy atom. The number of hydrogen-bond acceptors (Lipinski definition) is 3. The Bertz CT molecular complexity index is 754. The molecule has 2 rings (SSSR count). The molecule has 0 aromatic heterocycles. The summed E-state index contributed by atoms with van der Waals surface area (Å²) >= 11 is 12.4. The number of benzene rings is 1. The summed E-state index contributed by atoms with van der Waals surface area (Å²) in [7, 11) is 0. The van der Waals surface area contributed by atoms with Gasteiger partial charge in [0, 0.05) is 21.7 Å². The van der Waals surface area contributed by atoms with Gasteiger partial charge in [0.1, 0.15) is 0 Å². The summed E-state index contributed by atoms with van der Waals surface area (Å²) in [6.45, 7) is 7.55. The van der Waals surface area contributed by atoms with Crippen LogP contribution in [-0.2, 0) is 4.79 Å². The van der Waals surface area contributed by atoms with Crippen LogP contribution in [0.4, 0.5) is 0 Å². The van der Waals surface area contributed by atoms with Gasteiger partial charge in [0.15, 0.2) is 0 Å². The van der Waals surface area contributed by atoms with E-state index in [-0.39, 0.29) is 5.92 Å². The third-order valence-corrected chi connectivity index (χ3v) is 5.82. The molecule has 6 heteroatoms. The van der Waals surface area contributed by atoms with Crippen LogP contribution in [0.5, 0.6) is 0 Å².